The van der Waals surface area contributed by atoms with Crippen molar-refractivity contribution in [3.63, 3.8) is 0 Å². The average molecular weight is 328 g/mol. The molecule has 0 unspecified atom stereocenters. The summed E-state index contributed by atoms with van der Waals surface area (Å²) >= 11 is 0. The number of carbonyl (C=O) groups excluding carboxylic acids is 1. The average Bonchev–Trinajstić information content (AvgIpc) is 2.57. The highest BCUT2D eigenvalue weighted by molar-refractivity contribution is 5.69. The summed E-state index contributed by atoms with van der Waals surface area (Å²) < 4.78 is 10.6. The van der Waals surface area contributed by atoms with E-state index >= 15 is 0 Å². The minimum Gasteiger partial charge on any atom is -0.464 e. The van der Waals surface area contributed by atoms with Gasteiger partial charge in [0.2, 0.25) is 0 Å². The molecule has 23 heavy (non-hydrogen) atoms. The van der Waals surface area contributed by atoms with Crippen molar-refractivity contribution in [2.45, 2.75) is 77.6 Å². The number of nitrogens with zero attached hydrogens (tertiary/aromatic N) is 1. The summed E-state index contributed by atoms with van der Waals surface area (Å²) in [5.74, 6) is -0.0298. The van der Waals surface area contributed by atoms with Crippen LogP contribution in [-0.4, -0.2) is 50.3 Å². The molecule has 0 saturated carbocycles. The Morgan fingerprint density at radius 1 is 0.913 bits per heavy atom. The van der Waals surface area contributed by atoms with Crippen molar-refractivity contribution in [2.24, 2.45) is 0 Å². The topological polar surface area (TPSA) is 38.8 Å². The van der Waals surface area contributed by atoms with Crippen LogP contribution in [0.3, 0.4) is 0 Å². The monoisotopic (exact) mass is 327 g/mol. The van der Waals surface area contributed by atoms with Crippen LogP contribution in [0.5, 0.6) is 0 Å². The number of carbonyl (C=O) groups is 1. The number of esters is 1. The number of hydrogen-bond donors (Lipinski definition) is 0. The lowest BCUT2D eigenvalue weighted by atomic mass is 10.1. The predicted octanol–water partition coefficient (Wildman–Crippen LogP) is 4.17. The highest BCUT2D eigenvalue weighted by atomic mass is 16.5. The maximum atomic E-state index is 11.7. The van der Waals surface area contributed by atoms with Gasteiger partial charge in [-0.2, -0.15) is 0 Å². The van der Waals surface area contributed by atoms with Crippen LogP contribution in [0.15, 0.2) is 0 Å². The third kappa shape index (κ3) is 12.5. The molecule has 1 aliphatic heterocycles. The Morgan fingerprint density at radius 2 is 1.48 bits per heavy atom. The fourth-order valence-electron chi connectivity index (χ4n) is 2.94. The van der Waals surface area contributed by atoms with Crippen molar-refractivity contribution in [1.29, 1.82) is 0 Å². The molecule has 4 nitrogen and oxygen atoms in total. The van der Waals surface area contributed by atoms with Crippen molar-refractivity contribution in [3.8, 4) is 0 Å². The molecule has 0 radical (unpaired) electrons. The summed E-state index contributed by atoms with van der Waals surface area (Å²) in [7, 11) is 0. The van der Waals surface area contributed by atoms with Crippen LogP contribution in [0.1, 0.15) is 77.6 Å². The summed E-state index contributed by atoms with van der Waals surface area (Å²) in [6.07, 6.45) is 13.5. The molecule has 1 rings (SSSR count). The van der Waals surface area contributed by atoms with Crippen LogP contribution < -0.4 is 0 Å². The van der Waals surface area contributed by atoms with E-state index in [1.807, 2.05) is 0 Å². The molecule has 136 valence electrons. The first-order chi connectivity index (χ1) is 11.3. The second-order valence-electron chi connectivity index (χ2n) is 6.61. The van der Waals surface area contributed by atoms with Crippen molar-refractivity contribution < 1.29 is 14.3 Å². The molecule has 0 N–H and O–H groups in total. The molecule has 4 heteroatoms. The molecule has 0 atom stereocenters. The van der Waals surface area contributed by atoms with Crippen LogP contribution >= 0.6 is 0 Å². The first-order valence-electron chi connectivity index (χ1n) is 9.78. The van der Waals surface area contributed by atoms with Gasteiger partial charge in [0.15, 0.2) is 0 Å². The highest BCUT2D eigenvalue weighted by Crippen LogP contribution is 2.11. The molecule has 1 saturated heterocycles. The van der Waals surface area contributed by atoms with Gasteiger partial charge in [0.05, 0.1) is 13.2 Å². The molecule has 0 aromatic rings. The molecule has 0 spiro atoms. The second-order valence-corrected chi connectivity index (χ2v) is 6.61. The SMILES string of the molecule is CCCCCCCCCCCCC(=O)OCCN1CCOCC1. The maximum Gasteiger partial charge on any atom is 0.305 e. The highest BCUT2D eigenvalue weighted by Gasteiger charge is 2.10. The molecular weight excluding hydrogens is 290 g/mol. The number of rotatable bonds is 14. The fraction of sp³-hybridized carbons (Fsp3) is 0.947. The fourth-order valence-corrected chi connectivity index (χ4v) is 2.94. The van der Waals surface area contributed by atoms with Gasteiger partial charge in [0.1, 0.15) is 6.61 Å². The molecule has 1 heterocycles. The first-order valence-corrected chi connectivity index (χ1v) is 9.78. The van der Waals surface area contributed by atoms with Crippen molar-refractivity contribution in [1.82, 2.24) is 4.90 Å². The minimum absolute atomic E-state index is 0.0298. The lowest BCUT2D eigenvalue weighted by Crippen LogP contribution is -2.38. The molecule has 0 aliphatic carbocycles. The largest absolute Gasteiger partial charge is 0.464 e. The van der Waals surface area contributed by atoms with E-state index in [-0.39, 0.29) is 5.97 Å². The molecule has 1 aliphatic rings. The number of morpholine rings is 1. The molecule has 1 fully saturated rings. The quantitative estimate of drug-likeness (QED) is 0.354. The van der Waals surface area contributed by atoms with E-state index in [9.17, 15) is 4.79 Å². The van der Waals surface area contributed by atoms with E-state index in [0.29, 0.717) is 13.0 Å². The van der Waals surface area contributed by atoms with Gasteiger partial charge < -0.3 is 9.47 Å². The van der Waals surface area contributed by atoms with E-state index in [0.717, 1.165) is 45.7 Å². The van der Waals surface area contributed by atoms with Crippen LogP contribution in [0.25, 0.3) is 0 Å². The summed E-state index contributed by atoms with van der Waals surface area (Å²) in [6, 6.07) is 0. The molecular formula is C19H37NO3. The summed E-state index contributed by atoms with van der Waals surface area (Å²) in [6.45, 7) is 7.13. The zero-order valence-corrected chi connectivity index (χ0v) is 15.2. The Balaban J connectivity index is 1.79. The third-order valence-corrected chi connectivity index (χ3v) is 4.51. The number of ether oxygens (including phenoxy) is 2. The lowest BCUT2D eigenvalue weighted by molar-refractivity contribution is -0.144. The van der Waals surface area contributed by atoms with Gasteiger partial charge in [-0.1, -0.05) is 64.7 Å². The second kappa shape index (κ2) is 14.9. The Kier molecular flexibility index (Phi) is 13.3. The summed E-state index contributed by atoms with van der Waals surface area (Å²) in [5.41, 5.74) is 0. The van der Waals surface area contributed by atoms with E-state index in [4.69, 9.17) is 9.47 Å². The van der Waals surface area contributed by atoms with E-state index < -0.39 is 0 Å². The molecule has 0 bridgehead atoms. The Bertz CT molecular complexity index is 278. The van der Waals surface area contributed by atoms with Gasteiger partial charge in [0.25, 0.3) is 0 Å². The van der Waals surface area contributed by atoms with Gasteiger partial charge in [-0.25, -0.2) is 0 Å². The maximum absolute atomic E-state index is 11.7. The van der Waals surface area contributed by atoms with E-state index in [1.54, 1.807) is 0 Å². The molecule has 0 aromatic heterocycles. The Labute approximate surface area is 142 Å². The van der Waals surface area contributed by atoms with E-state index in [1.165, 1.54) is 51.4 Å². The zero-order chi connectivity index (χ0) is 16.6. The van der Waals surface area contributed by atoms with Crippen LogP contribution in [0, 0.1) is 0 Å². The van der Waals surface area contributed by atoms with Gasteiger partial charge in [-0.3, -0.25) is 9.69 Å². The summed E-state index contributed by atoms with van der Waals surface area (Å²) in [5, 5.41) is 0. The molecule has 0 amide bonds. The van der Waals surface area contributed by atoms with Crippen LogP contribution in [0.4, 0.5) is 0 Å². The van der Waals surface area contributed by atoms with Crippen LogP contribution in [-0.2, 0) is 14.3 Å². The summed E-state index contributed by atoms with van der Waals surface area (Å²) in [4.78, 5) is 13.9. The standard InChI is InChI=1S/C19H37NO3/c1-2-3-4-5-6-7-8-9-10-11-12-19(21)23-18-15-20-13-16-22-17-14-20/h2-18H2,1H3. The van der Waals surface area contributed by atoms with Crippen molar-refractivity contribution in [3.05, 3.63) is 0 Å². The van der Waals surface area contributed by atoms with Crippen molar-refractivity contribution in [2.75, 3.05) is 39.5 Å². The lowest BCUT2D eigenvalue weighted by Gasteiger charge is -2.26. The first kappa shape index (κ1) is 20.4. The van der Waals surface area contributed by atoms with E-state index in [2.05, 4.69) is 11.8 Å². The van der Waals surface area contributed by atoms with Gasteiger partial charge in [-0.05, 0) is 6.42 Å². The number of unbranched alkanes of at least 4 members (excludes halogenated alkanes) is 9. The van der Waals surface area contributed by atoms with Crippen molar-refractivity contribution >= 4 is 5.97 Å². The predicted molar refractivity (Wildman–Crippen MR) is 94.7 cm³/mol. The minimum atomic E-state index is -0.0298. The third-order valence-electron chi connectivity index (χ3n) is 4.51. The zero-order valence-electron chi connectivity index (χ0n) is 15.2. The van der Waals surface area contributed by atoms with Crippen LogP contribution in [0.2, 0.25) is 0 Å². The smallest absolute Gasteiger partial charge is 0.305 e. The normalized spacial score (nSPS) is 15.7. The Morgan fingerprint density at radius 3 is 2.09 bits per heavy atom. The van der Waals surface area contributed by atoms with Gasteiger partial charge in [-0.15, -0.1) is 0 Å². The van der Waals surface area contributed by atoms with Gasteiger partial charge in [0, 0.05) is 26.1 Å². The molecule has 0 aromatic carbocycles. The number of hydrogen-bond acceptors (Lipinski definition) is 4. The van der Waals surface area contributed by atoms with Gasteiger partial charge >= 0.3 is 5.97 Å². The Hall–Kier alpha value is -0.610.